The molecule has 0 aliphatic heterocycles. The molecule has 126 valence electrons. The number of hydrogen-bond donors (Lipinski definition) is 0. The quantitative estimate of drug-likeness (QED) is 0.559. The third-order valence-electron chi connectivity index (χ3n) is 4.31. The van der Waals surface area contributed by atoms with E-state index in [-0.39, 0.29) is 12.0 Å². The molecule has 0 fully saturated rings. The minimum atomic E-state index is -0.107. The second kappa shape index (κ2) is 6.12. The molecule has 6 nitrogen and oxygen atoms in total. The maximum atomic E-state index is 5.47. The predicted molar refractivity (Wildman–Crippen MR) is 95.2 cm³/mol. The fourth-order valence-electron chi connectivity index (χ4n) is 2.90. The Bertz CT molecular complexity index is 1010. The first-order valence-corrected chi connectivity index (χ1v) is 8.35. The Labute approximate surface area is 145 Å². The fourth-order valence-corrected chi connectivity index (χ4v) is 2.90. The Morgan fingerprint density at radius 3 is 2.64 bits per heavy atom. The maximum absolute atomic E-state index is 5.47. The van der Waals surface area contributed by atoms with Crippen LogP contribution < -0.4 is 0 Å². The van der Waals surface area contributed by atoms with Crippen molar-refractivity contribution in [2.75, 3.05) is 0 Å². The molecule has 0 aliphatic carbocycles. The molecule has 6 heteroatoms. The van der Waals surface area contributed by atoms with E-state index in [0.29, 0.717) is 5.89 Å². The number of rotatable bonds is 4. The smallest absolute Gasteiger partial charge is 0.249 e. The first-order chi connectivity index (χ1) is 12.1. The van der Waals surface area contributed by atoms with Crippen LogP contribution in [0.1, 0.15) is 44.4 Å². The van der Waals surface area contributed by atoms with Crippen LogP contribution in [0.5, 0.6) is 0 Å². The summed E-state index contributed by atoms with van der Waals surface area (Å²) in [5, 5.41) is 5.14. The molecule has 0 amide bonds. The topological polar surface area (TPSA) is 69.6 Å². The van der Waals surface area contributed by atoms with E-state index >= 15 is 0 Å². The van der Waals surface area contributed by atoms with Crippen LogP contribution in [0.4, 0.5) is 0 Å². The largest absolute Gasteiger partial charge is 0.337 e. The van der Waals surface area contributed by atoms with E-state index in [4.69, 9.17) is 4.52 Å². The maximum Gasteiger partial charge on any atom is 0.249 e. The van der Waals surface area contributed by atoms with E-state index < -0.39 is 0 Å². The summed E-state index contributed by atoms with van der Waals surface area (Å²) in [6.45, 7) is 6.13. The normalized spacial score (nSPS) is 12.8. The van der Waals surface area contributed by atoms with Crippen LogP contribution in [0, 0.1) is 0 Å². The molecule has 1 aromatic carbocycles. The number of hydrogen-bond acceptors (Lipinski definition) is 5. The molecular weight excluding hydrogens is 314 g/mol. The van der Waals surface area contributed by atoms with Gasteiger partial charge in [-0.25, -0.2) is 4.98 Å². The van der Waals surface area contributed by atoms with E-state index in [1.54, 1.807) is 6.20 Å². The summed E-state index contributed by atoms with van der Waals surface area (Å²) in [4.78, 5) is 13.5. The number of para-hydroxylation sites is 1. The van der Waals surface area contributed by atoms with Gasteiger partial charge in [-0.1, -0.05) is 37.2 Å². The lowest BCUT2D eigenvalue weighted by molar-refractivity contribution is 0.341. The van der Waals surface area contributed by atoms with Crippen LogP contribution in [0.2, 0.25) is 0 Å². The number of pyridine rings is 1. The third kappa shape index (κ3) is 2.69. The number of fused-ring (bicyclic) bond motifs is 1. The van der Waals surface area contributed by atoms with Gasteiger partial charge in [0.15, 0.2) is 5.82 Å². The Balaban J connectivity index is 1.79. The summed E-state index contributed by atoms with van der Waals surface area (Å²) >= 11 is 0. The van der Waals surface area contributed by atoms with E-state index in [0.717, 1.165) is 28.1 Å². The lowest BCUT2D eigenvalue weighted by Gasteiger charge is -2.14. The molecule has 3 heterocycles. The monoisotopic (exact) mass is 333 g/mol. The lowest BCUT2D eigenvalue weighted by Crippen LogP contribution is -2.08. The molecule has 0 bridgehead atoms. The Morgan fingerprint density at radius 1 is 1.00 bits per heavy atom. The van der Waals surface area contributed by atoms with Gasteiger partial charge in [0.05, 0.1) is 5.52 Å². The zero-order valence-electron chi connectivity index (χ0n) is 14.4. The third-order valence-corrected chi connectivity index (χ3v) is 4.31. The molecule has 3 aromatic heterocycles. The van der Waals surface area contributed by atoms with Crippen LogP contribution >= 0.6 is 0 Å². The summed E-state index contributed by atoms with van der Waals surface area (Å²) in [7, 11) is 0. The molecule has 4 aromatic rings. The molecule has 0 saturated carbocycles. The van der Waals surface area contributed by atoms with E-state index in [2.05, 4.69) is 30.7 Å². The molecule has 1 unspecified atom stereocenters. The van der Waals surface area contributed by atoms with Gasteiger partial charge in [-0.15, -0.1) is 0 Å². The van der Waals surface area contributed by atoms with Gasteiger partial charge in [-0.3, -0.25) is 4.98 Å². The highest BCUT2D eigenvalue weighted by Gasteiger charge is 2.21. The Morgan fingerprint density at radius 2 is 1.84 bits per heavy atom. The van der Waals surface area contributed by atoms with Gasteiger partial charge in [0.2, 0.25) is 5.89 Å². The van der Waals surface area contributed by atoms with Crippen LogP contribution in [0.25, 0.3) is 22.3 Å². The second-order valence-corrected chi connectivity index (χ2v) is 6.36. The molecule has 1 atom stereocenters. The van der Waals surface area contributed by atoms with Gasteiger partial charge in [0.1, 0.15) is 11.9 Å². The molecular formula is C19H19N5O. The number of benzene rings is 1. The van der Waals surface area contributed by atoms with Gasteiger partial charge in [0.25, 0.3) is 0 Å². The van der Waals surface area contributed by atoms with Crippen molar-refractivity contribution in [3.05, 3.63) is 60.6 Å². The van der Waals surface area contributed by atoms with E-state index in [1.807, 2.05) is 57.4 Å². The number of aromatic nitrogens is 5. The summed E-state index contributed by atoms with van der Waals surface area (Å²) in [5.74, 6) is 2.39. The van der Waals surface area contributed by atoms with Crippen molar-refractivity contribution in [1.29, 1.82) is 0 Å². The average molecular weight is 333 g/mol. The highest BCUT2D eigenvalue weighted by molar-refractivity contribution is 5.92. The second-order valence-electron chi connectivity index (χ2n) is 6.36. The Kier molecular flexibility index (Phi) is 3.80. The molecule has 0 spiro atoms. The molecule has 4 rings (SSSR count). The van der Waals surface area contributed by atoms with Crippen molar-refractivity contribution in [2.24, 2.45) is 0 Å². The Hall–Kier alpha value is -3.02. The van der Waals surface area contributed by atoms with Crippen LogP contribution in [-0.2, 0) is 0 Å². The summed E-state index contributed by atoms with van der Waals surface area (Å²) in [6, 6.07) is 9.94. The van der Waals surface area contributed by atoms with Crippen molar-refractivity contribution in [3.63, 3.8) is 0 Å². The fraction of sp³-hybridized carbons (Fsp3) is 0.263. The minimum absolute atomic E-state index is 0.107. The van der Waals surface area contributed by atoms with Crippen LogP contribution in [-0.4, -0.2) is 24.7 Å². The first-order valence-electron chi connectivity index (χ1n) is 8.35. The van der Waals surface area contributed by atoms with Crippen molar-refractivity contribution in [2.45, 2.75) is 32.7 Å². The van der Waals surface area contributed by atoms with Crippen molar-refractivity contribution < 1.29 is 4.52 Å². The van der Waals surface area contributed by atoms with Gasteiger partial charge in [-0.2, -0.15) is 4.98 Å². The van der Waals surface area contributed by atoms with Crippen molar-refractivity contribution in [1.82, 2.24) is 24.7 Å². The molecule has 0 aliphatic rings. The SMILES string of the molecule is CC(C)c1noc(C(C)n2ccnc2-c2ccnc3ccccc23)n1. The standard InChI is InChI=1S/C19H19N5O/c1-12(2)17-22-19(25-23-17)13(3)24-11-10-21-18(24)15-8-9-20-16-7-5-4-6-14(15)16/h4-13H,1-3H3. The molecule has 0 N–H and O–H groups in total. The van der Waals surface area contributed by atoms with Crippen LogP contribution in [0.3, 0.4) is 0 Å². The zero-order chi connectivity index (χ0) is 17.4. The summed E-state index contributed by atoms with van der Waals surface area (Å²) < 4.78 is 7.52. The summed E-state index contributed by atoms with van der Waals surface area (Å²) in [5.41, 5.74) is 1.98. The highest BCUT2D eigenvalue weighted by atomic mass is 16.5. The molecule has 0 saturated heterocycles. The van der Waals surface area contributed by atoms with Gasteiger partial charge in [0, 0.05) is 35.5 Å². The molecule has 25 heavy (non-hydrogen) atoms. The number of imidazole rings is 1. The van der Waals surface area contributed by atoms with Crippen LogP contribution in [0.15, 0.2) is 53.4 Å². The average Bonchev–Trinajstić information content (AvgIpc) is 3.30. The minimum Gasteiger partial charge on any atom is -0.337 e. The highest BCUT2D eigenvalue weighted by Crippen LogP contribution is 2.29. The van der Waals surface area contributed by atoms with Gasteiger partial charge < -0.3 is 9.09 Å². The lowest BCUT2D eigenvalue weighted by atomic mass is 10.1. The number of nitrogens with zero attached hydrogens (tertiary/aromatic N) is 5. The summed E-state index contributed by atoms with van der Waals surface area (Å²) in [6.07, 6.45) is 5.54. The predicted octanol–water partition coefficient (Wildman–Crippen LogP) is 4.21. The van der Waals surface area contributed by atoms with E-state index in [1.165, 1.54) is 0 Å². The van der Waals surface area contributed by atoms with E-state index in [9.17, 15) is 0 Å². The zero-order valence-corrected chi connectivity index (χ0v) is 14.4. The van der Waals surface area contributed by atoms with Crippen molar-refractivity contribution in [3.8, 4) is 11.4 Å². The van der Waals surface area contributed by atoms with Gasteiger partial charge in [-0.05, 0) is 19.1 Å². The first kappa shape index (κ1) is 15.5. The van der Waals surface area contributed by atoms with Gasteiger partial charge >= 0.3 is 0 Å². The van der Waals surface area contributed by atoms with Crippen molar-refractivity contribution >= 4 is 10.9 Å². The molecule has 0 radical (unpaired) electrons.